The van der Waals surface area contributed by atoms with Crippen LogP contribution in [0.1, 0.15) is 40.5 Å². The van der Waals surface area contributed by atoms with Crippen molar-refractivity contribution in [2.75, 3.05) is 0 Å². The second-order valence-electron chi connectivity index (χ2n) is 3.58. The minimum atomic E-state index is -0.0625. The monoisotopic (exact) mass is 170 g/mol. The van der Waals surface area contributed by atoms with Gasteiger partial charge in [0.05, 0.1) is 0 Å². The van der Waals surface area contributed by atoms with Crippen LogP contribution in [0.5, 0.6) is 0 Å². The first kappa shape index (κ1) is 11.3. The normalized spacial score (nSPS) is 13.1. The van der Waals surface area contributed by atoms with E-state index in [0.29, 0.717) is 12.8 Å². The van der Waals surface area contributed by atoms with Gasteiger partial charge in [-0.3, -0.25) is 4.79 Å². The second kappa shape index (κ2) is 5.07. The van der Waals surface area contributed by atoms with Crippen molar-refractivity contribution >= 4 is 11.6 Å². The van der Waals surface area contributed by atoms with E-state index >= 15 is 0 Å². The summed E-state index contributed by atoms with van der Waals surface area (Å²) in [5, 5.41) is 0. The van der Waals surface area contributed by atoms with Crippen molar-refractivity contribution in [3.63, 3.8) is 0 Å². The largest absolute Gasteiger partial charge is 0.300 e. The number of carbonyl (C=O) groups is 2. The quantitative estimate of drug-likeness (QED) is 0.634. The van der Waals surface area contributed by atoms with E-state index in [4.69, 9.17) is 0 Å². The summed E-state index contributed by atoms with van der Waals surface area (Å²) in [6, 6.07) is 0. The zero-order valence-electron chi connectivity index (χ0n) is 8.39. The van der Waals surface area contributed by atoms with Crippen molar-refractivity contribution in [3.8, 4) is 0 Å². The number of hydrogen-bond acceptors (Lipinski definition) is 2. The summed E-state index contributed by atoms with van der Waals surface area (Å²) in [4.78, 5) is 22.2. The van der Waals surface area contributed by atoms with Crippen molar-refractivity contribution in [2.45, 2.75) is 40.5 Å². The van der Waals surface area contributed by atoms with Gasteiger partial charge in [-0.2, -0.15) is 0 Å². The van der Waals surface area contributed by atoms with Crippen molar-refractivity contribution in [1.82, 2.24) is 0 Å². The van der Waals surface area contributed by atoms with Crippen LogP contribution in [0.25, 0.3) is 0 Å². The van der Waals surface area contributed by atoms with Crippen LogP contribution >= 0.6 is 0 Å². The first-order valence-electron chi connectivity index (χ1n) is 4.51. The maximum absolute atomic E-state index is 11.3. The molecule has 0 amide bonds. The van der Waals surface area contributed by atoms with Crippen molar-refractivity contribution < 1.29 is 9.59 Å². The van der Waals surface area contributed by atoms with Gasteiger partial charge in [-0.05, 0) is 12.8 Å². The van der Waals surface area contributed by atoms with Crippen LogP contribution in [0.2, 0.25) is 0 Å². The summed E-state index contributed by atoms with van der Waals surface area (Å²) in [5.41, 5.74) is 0. The van der Waals surface area contributed by atoms with E-state index in [-0.39, 0.29) is 23.4 Å². The second-order valence-corrected chi connectivity index (χ2v) is 3.58. The molecule has 0 rings (SSSR count). The van der Waals surface area contributed by atoms with E-state index in [0.717, 1.165) is 0 Å². The predicted octanol–water partition coefficient (Wildman–Crippen LogP) is 2.22. The molecule has 0 aromatic heterocycles. The van der Waals surface area contributed by atoms with E-state index < -0.39 is 0 Å². The summed E-state index contributed by atoms with van der Waals surface area (Å²) in [7, 11) is 0. The van der Waals surface area contributed by atoms with Crippen LogP contribution in [0.4, 0.5) is 0 Å². The third-order valence-electron chi connectivity index (χ3n) is 2.07. The van der Waals surface area contributed by atoms with E-state index in [1.807, 2.05) is 20.8 Å². The molecule has 0 bridgehead atoms. The molecule has 0 radical (unpaired) electrons. The third-order valence-corrected chi connectivity index (χ3v) is 2.07. The molecule has 1 unspecified atom stereocenters. The van der Waals surface area contributed by atoms with Crippen LogP contribution in [0, 0.1) is 11.8 Å². The first-order chi connectivity index (χ1) is 5.49. The minimum Gasteiger partial charge on any atom is -0.300 e. The molecule has 0 saturated heterocycles. The van der Waals surface area contributed by atoms with Crippen molar-refractivity contribution in [1.29, 1.82) is 0 Å². The Morgan fingerprint density at radius 1 is 1.25 bits per heavy atom. The molecule has 0 N–H and O–H groups in total. The van der Waals surface area contributed by atoms with E-state index in [1.165, 1.54) is 0 Å². The van der Waals surface area contributed by atoms with Gasteiger partial charge < -0.3 is 4.79 Å². The Hall–Kier alpha value is -0.660. The number of carbonyl (C=O) groups excluding carboxylic acids is 2. The number of Topliss-reactive ketones (excluding diaryl/α,β-unsaturated/α-hetero) is 2. The third kappa shape index (κ3) is 3.65. The average molecular weight is 170 g/mol. The first-order valence-corrected chi connectivity index (χ1v) is 4.51. The maximum atomic E-state index is 11.3. The Morgan fingerprint density at radius 3 is 2.00 bits per heavy atom. The van der Waals surface area contributed by atoms with Gasteiger partial charge in [-0.15, -0.1) is 0 Å². The van der Waals surface area contributed by atoms with Gasteiger partial charge in [0.15, 0.2) is 0 Å². The highest BCUT2D eigenvalue weighted by atomic mass is 16.1. The van der Waals surface area contributed by atoms with Crippen LogP contribution in [0.3, 0.4) is 0 Å². The zero-order valence-corrected chi connectivity index (χ0v) is 8.39. The lowest BCUT2D eigenvalue weighted by atomic mass is 9.86. The standard InChI is InChI=1S/C10H18O2/c1-5-10(12)9(7(2)3)6-8(4)11/h7,9H,5-6H2,1-4H3. The summed E-state index contributed by atoms with van der Waals surface area (Å²) >= 11 is 0. The smallest absolute Gasteiger partial charge is 0.136 e. The molecule has 1 atom stereocenters. The van der Waals surface area contributed by atoms with E-state index in [9.17, 15) is 9.59 Å². The maximum Gasteiger partial charge on any atom is 0.136 e. The molecule has 70 valence electrons. The fraction of sp³-hybridized carbons (Fsp3) is 0.800. The lowest BCUT2D eigenvalue weighted by molar-refractivity contribution is -0.128. The molecule has 0 heterocycles. The predicted molar refractivity (Wildman–Crippen MR) is 48.9 cm³/mol. The fourth-order valence-electron chi connectivity index (χ4n) is 1.29. The van der Waals surface area contributed by atoms with Crippen LogP contribution in [-0.2, 0) is 9.59 Å². The Balaban J connectivity index is 4.23. The highest BCUT2D eigenvalue weighted by Gasteiger charge is 2.21. The molecular formula is C10H18O2. The molecule has 0 aromatic carbocycles. The lowest BCUT2D eigenvalue weighted by Gasteiger charge is -2.16. The molecule has 0 saturated carbocycles. The molecule has 2 nitrogen and oxygen atoms in total. The fourth-order valence-corrected chi connectivity index (χ4v) is 1.29. The number of ketones is 2. The summed E-state index contributed by atoms with van der Waals surface area (Å²) in [5.74, 6) is 0.532. The SMILES string of the molecule is CCC(=O)C(CC(C)=O)C(C)C. The van der Waals surface area contributed by atoms with Gasteiger partial charge >= 0.3 is 0 Å². The van der Waals surface area contributed by atoms with Gasteiger partial charge in [0.1, 0.15) is 11.6 Å². The summed E-state index contributed by atoms with van der Waals surface area (Å²) < 4.78 is 0. The minimum absolute atomic E-state index is 0.0625. The van der Waals surface area contributed by atoms with Gasteiger partial charge in [0.2, 0.25) is 0 Å². The zero-order chi connectivity index (χ0) is 9.72. The molecule has 0 aliphatic rings. The van der Waals surface area contributed by atoms with Gasteiger partial charge in [-0.25, -0.2) is 0 Å². The van der Waals surface area contributed by atoms with Gasteiger partial charge in [0, 0.05) is 18.8 Å². The van der Waals surface area contributed by atoms with Crippen LogP contribution in [0.15, 0.2) is 0 Å². The highest BCUT2D eigenvalue weighted by Crippen LogP contribution is 2.18. The van der Waals surface area contributed by atoms with E-state index in [1.54, 1.807) is 6.92 Å². The van der Waals surface area contributed by atoms with Gasteiger partial charge in [-0.1, -0.05) is 20.8 Å². The molecule has 12 heavy (non-hydrogen) atoms. The number of hydrogen-bond donors (Lipinski definition) is 0. The molecule has 0 aromatic rings. The van der Waals surface area contributed by atoms with E-state index in [2.05, 4.69) is 0 Å². The summed E-state index contributed by atoms with van der Waals surface area (Å²) in [6.07, 6.45) is 0.945. The Bertz CT molecular complexity index is 171. The Kier molecular flexibility index (Phi) is 4.79. The average Bonchev–Trinajstić information content (AvgIpc) is 1.98. The number of rotatable bonds is 5. The lowest BCUT2D eigenvalue weighted by Crippen LogP contribution is -2.21. The molecule has 0 fully saturated rings. The van der Waals surface area contributed by atoms with Crippen molar-refractivity contribution in [2.24, 2.45) is 11.8 Å². The van der Waals surface area contributed by atoms with Crippen LogP contribution in [-0.4, -0.2) is 11.6 Å². The van der Waals surface area contributed by atoms with Gasteiger partial charge in [0.25, 0.3) is 0 Å². The summed E-state index contributed by atoms with van der Waals surface area (Å²) in [6.45, 7) is 7.36. The Morgan fingerprint density at radius 2 is 1.75 bits per heavy atom. The molecule has 0 aliphatic carbocycles. The van der Waals surface area contributed by atoms with Crippen LogP contribution < -0.4 is 0 Å². The molecular weight excluding hydrogens is 152 g/mol. The highest BCUT2D eigenvalue weighted by molar-refractivity contribution is 5.86. The molecule has 2 heteroatoms. The molecule has 0 spiro atoms. The Labute approximate surface area is 74.3 Å². The molecule has 0 aliphatic heterocycles. The topological polar surface area (TPSA) is 34.1 Å². The van der Waals surface area contributed by atoms with Crippen molar-refractivity contribution in [3.05, 3.63) is 0 Å².